The number of hydrogen-bond acceptors (Lipinski definition) is 7. The van der Waals surface area contributed by atoms with Crippen molar-refractivity contribution in [3.8, 4) is 17.1 Å². The van der Waals surface area contributed by atoms with E-state index in [4.69, 9.17) is 9.72 Å². The molecule has 8 heteroatoms. The lowest BCUT2D eigenvalue weighted by Crippen LogP contribution is -2.11. The van der Waals surface area contributed by atoms with Crippen LogP contribution in [0.2, 0.25) is 0 Å². The number of carbonyl (C=O) groups is 1. The molecule has 5 rings (SSSR count). The van der Waals surface area contributed by atoms with Crippen LogP contribution in [-0.4, -0.2) is 37.3 Å². The number of nitrogens with zero attached hydrogens (tertiary/aromatic N) is 5. The fourth-order valence-corrected chi connectivity index (χ4v) is 3.80. The Hall–Kier alpha value is -4.59. The van der Waals surface area contributed by atoms with Gasteiger partial charge in [-0.25, -0.2) is 19.7 Å². The number of fused-ring (bicyclic) bond motifs is 1. The molecule has 0 saturated heterocycles. The summed E-state index contributed by atoms with van der Waals surface area (Å²) < 4.78 is 6.85. The van der Waals surface area contributed by atoms with Crippen molar-refractivity contribution in [2.24, 2.45) is 0 Å². The molecule has 0 spiro atoms. The van der Waals surface area contributed by atoms with Crippen LogP contribution in [0.15, 0.2) is 72.9 Å². The van der Waals surface area contributed by atoms with Gasteiger partial charge in [0.15, 0.2) is 11.6 Å². The molecule has 3 aromatic heterocycles. The smallest absolute Gasteiger partial charge is 0.343 e. The topological polar surface area (TPSA) is 94.8 Å². The Bertz CT molecular complexity index is 1530. The standard InChI is InChI=1S/C27H24N6O2/c1-4-35-27(34)21-16-28-33(25-14-13-19-7-5-6-8-22(19)31-25)26(21)32-24-15-23(29-18(3)30-24)20-11-9-17(2)10-12-20/h5-16H,4H2,1-3H3,(H,29,30,32). The molecule has 0 fully saturated rings. The maximum absolute atomic E-state index is 12.7. The SMILES string of the molecule is CCOC(=O)c1cnn(-c2ccc3ccccc3n2)c1Nc1cc(-c2ccc(C)cc2)nc(C)n1. The van der Waals surface area contributed by atoms with Crippen LogP contribution in [0.5, 0.6) is 0 Å². The molecule has 35 heavy (non-hydrogen) atoms. The third-order valence-electron chi connectivity index (χ3n) is 5.50. The van der Waals surface area contributed by atoms with Crippen molar-refractivity contribution in [1.82, 2.24) is 24.7 Å². The number of benzene rings is 2. The molecule has 3 heterocycles. The normalized spacial score (nSPS) is 10.9. The number of esters is 1. The predicted molar refractivity (Wildman–Crippen MR) is 135 cm³/mol. The third-order valence-corrected chi connectivity index (χ3v) is 5.50. The molecule has 0 aliphatic rings. The molecular weight excluding hydrogens is 440 g/mol. The molecule has 0 aliphatic heterocycles. The predicted octanol–water partition coefficient (Wildman–Crippen LogP) is 5.41. The number of anilines is 2. The van der Waals surface area contributed by atoms with Crippen molar-refractivity contribution >= 4 is 28.5 Å². The molecule has 0 aliphatic carbocycles. The van der Waals surface area contributed by atoms with Gasteiger partial charge < -0.3 is 10.1 Å². The second-order valence-corrected chi connectivity index (χ2v) is 8.08. The first kappa shape index (κ1) is 22.2. The average Bonchev–Trinajstić information content (AvgIpc) is 3.27. The molecule has 174 valence electrons. The maximum Gasteiger partial charge on any atom is 0.343 e. The highest BCUT2D eigenvalue weighted by atomic mass is 16.5. The van der Waals surface area contributed by atoms with E-state index in [1.165, 1.54) is 11.8 Å². The minimum absolute atomic E-state index is 0.252. The van der Waals surface area contributed by atoms with Crippen molar-refractivity contribution < 1.29 is 9.53 Å². The summed E-state index contributed by atoms with van der Waals surface area (Å²) in [6.45, 7) is 5.89. The zero-order valence-corrected chi connectivity index (χ0v) is 19.7. The third kappa shape index (κ3) is 4.59. The van der Waals surface area contributed by atoms with Crippen molar-refractivity contribution in [2.45, 2.75) is 20.8 Å². The molecule has 0 saturated carbocycles. The monoisotopic (exact) mass is 464 g/mol. The number of pyridine rings is 1. The van der Waals surface area contributed by atoms with Gasteiger partial charge >= 0.3 is 5.97 Å². The quantitative estimate of drug-likeness (QED) is 0.336. The molecule has 0 radical (unpaired) electrons. The van der Waals surface area contributed by atoms with Gasteiger partial charge in [0.1, 0.15) is 17.2 Å². The maximum atomic E-state index is 12.7. The second-order valence-electron chi connectivity index (χ2n) is 8.08. The van der Waals surface area contributed by atoms with Crippen molar-refractivity contribution in [2.75, 3.05) is 11.9 Å². The molecule has 5 aromatic rings. The van der Waals surface area contributed by atoms with Crippen molar-refractivity contribution in [3.05, 3.63) is 89.9 Å². The molecule has 0 bridgehead atoms. The van der Waals surface area contributed by atoms with Gasteiger partial charge in [-0.1, -0.05) is 48.0 Å². The van der Waals surface area contributed by atoms with E-state index >= 15 is 0 Å². The molecule has 0 amide bonds. The molecule has 0 unspecified atom stereocenters. The van der Waals surface area contributed by atoms with Crippen molar-refractivity contribution in [1.29, 1.82) is 0 Å². The van der Waals surface area contributed by atoms with E-state index in [1.807, 2.05) is 80.6 Å². The van der Waals surface area contributed by atoms with E-state index in [1.54, 1.807) is 11.6 Å². The average molecular weight is 465 g/mol. The number of ether oxygens (including phenoxy) is 1. The Kier molecular flexibility index (Phi) is 5.93. The van der Waals surface area contributed by atoms with E-state index in [0.29, 0.717) is 23.3 Å². The Morgan fingerprint density at radius 1 is 0.971 bits per heavy atom. The van der Waals surface area contributed by atoms with Gasteiger partial charge in [-0.2, -0.15) is 9.78 Å². The summed E-state index contributed by atoms with van der Waals surface area (Å²) in [4.78, 5) is 26.6. The zero-order valence-electron chi connectivity index (χ0n) is 19.7. The lowest BCUT2D eigenvalue weighted by molar-refractivity contribution is 0.0527. The number of hydrogen-bond donors (Lipinski definition) is 1. The second kappa shape index (κ2) is 9.34. The zero-order chi connectivity index (χ0) is 24.4. The number of nitrogens with one attached hydrogen (secondary N) is 1. The van der Waals surface area contributed by atoms with Gasteiger partial charge in [0.05, 0.1) is 24.0 Å². The minimum atomic E-state index is -0.480. The van der Waals surface area contributed by atoms with Crippen LogP contribution < -0.4 is 5.32 Å². The molecule has 0 atom stereocenters. The summed E-state index contributed by atoms with van der Waals surface area (Å²) in [5.41, 5.74) is 4.02. The van der Waals surface area contributed by atoms with Crippen LogP contribution in [0.4, 0.5) is 11.6 Å². The molecule has 8 nitrogen and oxygen atoms in total. The van der Waals surface area contributed by atoms with E-state index in [2.05, 4.69) is 20.4 Å². The largest absolute Gasteiger partial charge is 0.462 e. The molecule has 2 aromatic carbocycles. The first-order valence-corrected chi connectivity index (χ1v) is 11.3. The van der Waals surface area contributed by atoms with Crippen LogP contribution in [0.1, 0.15) is 28.7 Å². The van der Waals surface area contributed by atoms with Crippen LogP contribution in [0.25, 0.3) is 28.0 Å². The fraction of sp³-hybridized carbons (Fsp3) is 0.148. The highest BCUT2D eigenvalue weighted by molar-refractivity contribution is 5.95. The van der Waals surface area contributed by atoms with E-state index in [0.717, 1.165) is 22.2 Å². The van der Waals surface area contributed by atoms with Gasteiger partial charge in [-0.15, -0.1) is 0 Å². The summed E-state index contributed by atoms with van der Waals surface area (Å²) in [5.74, 6) is 1.62. The molecular formula is C27H24N6O2. The Morgan fingerprint density at radius 2 is 1.77 bits per heavy atom. The van der Waals surface area contributed by atoms with Gasteiger partial charge in [0.2, 0.25) is 0 Å². The van der Waals surface area contributed by atoms with Gasteiger partial charge in [-0.3, -0.25) is 0 Å². The minimum Gasteiger partial charge on any atom is -0.462 e. The summed E-state index contributed by atoms with van der Waals surface area (Å²) >= 11 is 0. The summed E-state index contributed by atoms with van der Waals surface area (Å²) in [5, 5.41) is 8.74. The number of carbonyl (C=O) groups excluding carboxylic acids is 1. The lowest BCUT2D eigenvalue weighted by atomic mass is 10.1. The first-order valence-electron chi connectivity index (χ1n) is 11.3. The van der Waals surface area contributed by atoms with Crippen LogP contribution >= 0.6 is 0 Å². The van der Waals surface area contributed by atoms with Crippen LogP contribution in [-0.2, 0) is 4.74 Å². The van der Waals surface area contributed by atoms with E-state index in [9.17, 15) is 4.79 Å². The van der Waals surface area contributed by atoms with Crippen LogP contribution in [0.3, 0.4) is 0 Å². The van der Waals surface area contributed by atoms with E-state index in [-0.39, 0.29) is 12.2 Å². The lowest BCUT2D eigenvalue weighted by Gasteiger charge is -2.13. The Balaban J connectivity index is 1.59. The fourth-order valence-electron chi connectivity index (χ4n) is 3.80. The Morgan fingerprint density at radius 3 is 2.57 bits per heavy atom. The number of rotatable bonds is 6. The van der Waals surface area contributed by atoms with E-state index < -0.39 is 5.97 Å². The molecule has 1 N–H and O–H groups in total. The number of para-hydroxylation sites is 1. The number of aromatic nitrogens is 5. The number of aryl methyl sites for hydroxylation is 2. The van der Waals surface area contributed by atoms with Crippen LogP contribution in [0, 0.1) is 13.8 Å². The summed E-state index contributed by atoms with van der Waals surface area (Å²) in [6.07, 6.45) is 1.48. The highest BCUT2D eigenvalue weighted by Gasteiger charge is 2.21. The van der Waals surface area contributed by atoms with Gasteiger partial charge in [0.25, 0.3) is 0 Å². The van der Waals surface area contributed by atoms with Gasteiger partial charge in [0, 0.05) is 17.0 Å². The summed E-state index contributed by atoms with van der Waals surface area (Å²) in [6, 6.07) is 21.6. The first-order chi connectivity index (χ1) is 17.0. The van der Waals surface area contributed by atoms with Gasteiger partial charge in [-0.05, 0) is 39.0 Å². The summed E-state index contributed by atoms with van der Waals surface area (Å²) in [7, 11) is 0. The highest BCUT2D eigenvalue weighted by Crippen LogP contribution is 2.27. The van der Waals surface area contributed by atoms with Crippen molar-refractivity contribution in [3.63, 3.8) is 0 Å². The Labute approximate surface area is 202 Å².